The average molecular weight is 364 g/mol. The first-order chi connectivity index (χ1) is 12.0. The molecule has 1 rings (SSSR count). The molecule has 144 valence electrons. The molecule has 0 aliphatic carbocycles. The summed E-state index contributed by atoms with van der Waals surface area (Å²) in [5.41, 5.74) is -0.128. The lowest BCUT2D eigenvalue weighted by Crippen LogP contribution is -2.50. The van der Waals surface area contributed by atoms with Gasteiger partial charge < -0.3 is 20.1 Å². The number of carbonyl (C=O) groups excluding carboxylic acids is 3. The quantitative estimate of drug-likeness (QED) is 0.757. The summed E-state index contributed by atoms with van der Waals surface area (Å²) in [6.45, 7) is 8.78. The Labute approximate surface area is 154 Å². The predicted molar refractivity (Wildman–Crippen MR) is 97.3 cm³/mol. The van der Waals surface area contributed by atoms with Crippen LogP contribution in [0.2, 0.25) is 0 Å². The van der Waals surface area contributed by atoms with Crippen LogP contribution in [0.25, 0.3) is 0 Å². The average Bonchev–Trinajstić information content (AvgIpc) is 2.55. The minimum atomic E-state index is -1.00. The summed E-state index contributed by atoms with van der Waals surface area (Å²) >= 11 is 0. The zero-order chi connectivity index (χ0) is 19.9. The molecule has 0 unspecified atom stereocenters. The molecule has 2 atom stereocenters. The first kappa shape index (κ1) is 21.5. The fourth-order valence-electron chi connectivity index (χ4n) is 2.23. The molecule has 0 saturated carbocycles. The summed E-state index contributed by atoms with van der Waals surface area (Å²) in [5, 5.41) is 5.22. The number of carbonyl (C=O) groups is 3. The molecule has 1 aromatic carbocycles. The second-order valence-corrected chi connectivity index (χ2v) is 7.24. The number of amides is 2. The number of methoxy groups -OCH3 is 1. The van der Waals surface area contributed by atoms with E-state index in [-0.39, 0.29) is 5.92 Å². The molecule has 0 radical (unpaired) electrons. The molecule has 0 saturated heterocycles. The zero-order valence-electron chi connectivity index (χ0n) is 16.2. The molecular formula is C19H28N2O5. The van der Waals surface area contributed by atoms with E-state index in [0.717, 1.165) is 0 Å². The molecule has 0 bridgehead atoms. The Morgan fingerprint density at radius 2 is 1.58 bits per heavy atom. The van der Waals surface area contributed by atoms with Crippen LogP contribution in [-0.2, 0) is 19.1 Å². The van der Waals surface area contributed by atoms with Gasteiger partial charge in [-0.05, 0) is 32.3 Å². The lowest BCUT2D eigenvalue weighted by atomic mass is 10.0. The van der Waals surface area contributed by atoms with Crippen LogP contribution in [0.15, 0.2) is 30.3 Å². The summed E-state index contributed by atoms with van der Waals surface area (Å²) in [6, 6.07) is 6.92. The van der Waals surface area contributed by atoms with Crippen molar-refractivity contribution < 1.29 is 23.9 Å². The number of nitrogens with one attached hydrogen (secondary N) is 2. The Kier molecular flexibility index (Phi) is 7.61. The van der Waals surface area contributed by atoms with E-state index in [1.54, 1.807) is 65.0 Å². The van der Waals surface area contributed by atoms with Crippen LogP contribution >= 0.6 is 0 Å². The van der Waals surface area contributed by atoms with Crippen molar-refractivity contribution in [1.82, 2.24) is 10.6 Å². The number of alkyl carbamates (subject to hydrolysis) is 1. The van der Waals surface area contributed by atoms with Crippen molar-refractivity contribution in [2.45, 2.75) is 52.3 Å². The van der Waals surface area contributed by atoms with Crippen molar-refractivity contribution in [3.63, 3.8) is 0 Å². The van der Waals surface area contributed by atoms with Crippen LogP contribution < -0.4 is 10.6 Å². The molecule has 2 N–H and O–H groups in total. The third-order valence-electron chi connectivity index (χ3n) is 3.48. The van der Waals surface area contributed by atoms with Gasteiger partial charge in [-0.1, -0.05) is 44.2 Å². The number of ether oxygens (including phenoxy) is 2. The van der Waals surface area contributed by atoms with Crippen LogP contribution in [0.4, 0.5) is 4.79 Å². The Balaban J connectivity index is 3.02. The first-order valence-electron chi connectivity index (χ1n) is 8.48. The number of esters is 1. The Morgan fingerprint density at radius 1 is 1.00 bits per heavy atom. The third-order valence-corrected chi connectivity index (χ3v) is 3.48. The highest BCUT2D eigenvalue weighted by Crippen LogP contribution is 2.16. The lowest BCUT2D eigenvalue weighted by molar-refractivity contribution is -0.146. The maximum Gasteiger partial charge on any atom is 0.408 e. The van der Waals surface area contributed by atoms with Gasteiger partial charge >= 0.3 is 12.1 Å². The standard InChI is InChI=1S/C19H28N2O5/c1-12(2)14(17(23)25-6)20-16(22)15(13-10-8-7-9-11-13)21-18(24)26-19(3,4)5/h7-12,14-15H,1-6H3,(H,20,22)(H,21,24)/t14-,15+/m0/s1. The second-order valence-electron chi connectivity index (χ2n) is 7.24. The molecule has 2 amide bonds. The van der Waals surface area contributed by atoms with Crippen molar-refractivity contribution >= 4 is 18.0 Å². The maximum absolute atomic E-state index is 12.8. The van der Waals surface area contributed by atoms with Gasteiger partial charge in [-0.3, -0.25) is 4.79 Å². The molecule has 7 nitrogen and oxygen atoms in total. The Hall–Kier alpha value is -2.57. The summed E-state index contributed by atoms with van der Waals surface area (Å²) in [6.07, 6.45) is -0.722. The number of benzene rings is 1. The number of hydrogen-bond donors (Lipinski definition) is 2. The SMILES string of the molecule is COC(=O)[C@@H](NC(=O)[C@H](NC(=O)OC(C)(C)C)c1ccccc1)C(C)C. The van der Waals surface area contributed by atoms with E-state index in [1.165, 1.54) is 7.11 Å². The second kappa shape index (κ2) is 9.22. The molecule has 0 heterocycles. The molecular weight excluding hydrogens is 336 g/mol. The molecule has 0 spiro atoms. The van der Waals surface area contributed by atoms with Crippen LogP contribution in [0.3, 0.4) is 0 Å². The minimum Gasteiger partial charge on any atom is -0.467 e. The Bertz CT molecular complexity index is 623. The zero-order valence-corrected chi connectivity index (χ0v) is 16.2. The van der Waals surface area contributed by atoms with Gasteiger partial charge in [-0.15, -0.1) is 0 Å². The van der Waals surface area contributed by atoms with E-state index in [2.05, 4.69) is 10.6 Å². The normalized spacial score (nSPS) is 13.5. The van der Waals surface area contributed by atoms with Crippen molar-refractivity contribution in [3.05, 3.63) is 35.9 Å². The highest BCUT2D eigenvalue weighted by molar-refractivity contribution is 5.90. The summed E-state index contributed by atoms with van der Waals surface area (Å²) in [4.78, 5) is 36.9. The molecule has 0 fully saturated rings. The van der Waals surface area contributed by atoms with Crippen LogP contribution in [0.5, 0.6) is 0 Å². The van der Waals surface area contributed by atoms with Gasteiger partial charge in [0, 0.05) is 0 Å². The fraction of sp³-hybridized carbons (Fsp3) is 0.526. The molecule has 26 heavy (non-hydrogen) atoms. The van der Waals surface area contributed by atoms with E-state index >= 15 is 0 Å². The van der Waals surface area contributed by atoms with Crippen molar-refractivity contribution in [1.29, 1.82) is 0 Å². The maximum atomic E-state index is 12.8. The van der Waals surface area contributed by atoms with Gasteiger partial charge in [0.05, 0.1) is 7.11 Å². The van der Waals surface area contributed by atoms with Gasteiger partial charge in [0.25, 0.3) is 0 Å². The molecule has 7 heteroatoms. The van der Waals surface area contributed by atoms with E-state index < -0.39 is 35.7 Å². The van der Waals surface area contributed by atoms with Gasteiger partial charge in [0.2, 0.25) is 5.91 Å². The molecule has 0 aliphatic heterocycles. The first-order valence-corrected chi connectivity index (χ1v) is 8.48. The van der Waals surface area contributed by atoms with E-state index in [9.17, 15) is 14.4 Å². The highest BCUT2D eigenvalue weighted by atomic mass is 16.6. The predicted octanol–water partition coefficient (Wildman–Crippen LogP) is 2.57. The molecule has 0 aromatic heterocycles. The largest absolute Gasteiger partial charge is 0.467 e. The summed E-state index contributed by atoms with van der Waals surface area (Å²) in [5.74, 6) is -1.24. The smallest absolute Gasteiger partial charge is 0.408 e. The minimum absolute atomic E-state index is 0.177. The highest BCUT2D eigenvalue weighted by Gasteiger charge is 2.31. The third kappa shape index (κ3) is 6.74. The monoisotopic (exact) mass is 364 g/mol. The van der Waals surface area contributed by atoms with Crippen molar-refractivity contribution in [2.24, 2.45) is 5.92 Å². The molecule has 0 aliphatic rings. The number of rotatable bonds is 6. The van der Waals surface area contributed by atoms with Crippen LogP contribution in [-0.4, -0.2) is 36.7 Å². The van der Waals surface area contributed by atoms with E-state index in [0.29, 0.717) is 5.56 Å². The van der Waals surface area contributed by atoms with Crippen molar-refractivity contribution in [2.75, 3.05) is 7.11 Å². The van der Waals surface area contributed by atoms with E-state index in [1.807, 2.05) is 0 Å². The number of hydrogen-bond acceptors (Lipinski definition) is 5. The Morgan fingerprint density at radius 3 is 2.04 bits per heavy atom. The van der Waals surface area contributed by atoms with Gasteiger partial charge in [-0.25, -0.2) is 9.59 Å². The van der Waals surface area contributed by atoms with Crippen LogP contribution in [0, 0.1) is 5.92 Å². The van der Waals surface area contributed by atoms with Gasteiger partial charge in [0.1, 0.15) is 17.7 Å². The van der Waals surface area contributed by atoms with Crippen LogP contribution in [0.1, 0.15) is 46.2 Å². The molecule has 1 aromatic rings. The lowest BCUT2D eigenvalue weighted by Gasteiger charge is -2.26. The summed E-state index contributed by atoms with van der Waals surface area (Å²) in [7, 11) is 1.26. The van der Waals surface area contributed by atoms with Crippen molar-refractivity contribution in [3.8, 4) is 0 Å². The fourth-order valence-corrected chi connectivity index (χ4v) is 2.23. The van der Waals surface area contributed by atoms with Gasteiger partial charge in [0.15, 0.2) is 0 Å². The van der Waals surface area contributed by atoms with E-state index in [4.69, 9.17) is 9.47 Å². The topological polar surface area (TPSA) is 93.7 Å². The van der Waals surface area contributed by atoms with Gasteiger partial charge in [-0.2, -0.15) is 0 Å². The summed E-state index contributed by atoms with van der Waals surface area (Å²) < 4.78 is 9.98.